The average Bonchev–Trinajstić information content (AvgIpc) is 2.44. The normalized spacial score (nSPS) is 20.9. The molecule has 0 spiro atoms. The molecule has 78 valence electrons. The predicted molar refractivity (Wildman–Crippen MR) is 58.1 cm³/mol. The average molecular weight is 259 g/mol. The second-order valence-corrected chi connectivity index (χ2v) is 4.70. The molecule has 0 amide bonds. The summed E-state index contributed by atoms with van der Waals surface area (Å²) in [7, 11) is 1.71. The van der Waals surface area contributed by atoms with Gasteiger partial charge in [0, 0.05) is 13.7 Å². The van der Waals surface area contributed by atoms with E-state index >= 15 is 0 Å². The van der Waals surface area contributed by atoms with Crippen molar-refractivity contribution in [2.24, 2.45) is 5.92 Å². The number of aromatic nitrogens is 2. The monoisotopic (exact) mass is 258 g/mol. The van der Waals surface area contributed by atoms with Crippen molar-refractivity contribution in [1.82, 2.24) is 9.55 Å². The highest BCUT2D eigenvalue weighted by Gasteiger charge is 2.21. The molecule has 2 rings (SSSR count). The third kappa shape index (κ3) is 1.73. The molecule has 1 atom stereocenters. The fraction of sp³-hybridized carbons (Fsp3) is 0.700. The zero-order valence-electron chi connectivity index (χ0n) is 8.59. The summed E-state index contributed by atoms with van der Waals surface area (Å²) in [6.45, 7) is 3.97. The highest BCUT2D eigenvalue weighted by molar-refractivity contribution is 9.10. The summed E-state index contributed by atoms with van der Waals surface area (Å²) in [5.74, 6) is 1.81. The highest BCUT2D eigenvalue weighted by Crippen LogP contribution is 2.27. The molecule has 1 aromatic heterocycles. The number of nitrogens with zero attached hydrogens (tertiary/aromatic N) is 2. The van der Waals surface area contributed by atoms with Gasteiger partial charge in [0.25, 0.3) is 0 Å². The molecule has 0 radical (unpaired) electrons. The number of hydrogen-bond donors (Lipinski definition) is 0. The van der Waals surface area contributed by atoms with Crippen LogP contribution in [0, 0.1) is 5.92 Å². The first kappa shape index (κ1) is 10.2. The van der Waals surface area contributed by atoms with Crippen molar-refractivity contribution < 1.29 is 4.74 Å². The molecular formula is C10H15BrN2O. The maximum atomic E-state index is 5.13. The van der Waals surface area contributed by atoms with E-state index in [4.69, 9.17) is 4.74 Å². The van der Waals surface area contributed by atoms with Gasteiger partial charge < -0.3 is 9.30 Å². The summed E-state index contributed by atoms with van der Waals surface area (Å²) in [5.41, 5.74) is 1.33. The van der Waals surface area contributed by atoms with Crippen LogP contribution in [0.2, 0.25) is 0 Å². The molecule has 0 fully saturated rings. The Morgan fingerprint density at radius 3 is 3.14 bits per heavy atom. The molecule has 0 N–H and O–H groups in total. The molecule has 1 aliphatic heterocycles. The lowest BCUT2D eigenvalue weighted by Gasteiger charge is -2.21. The van der Waals surface area contributed by atoms with Crippen LogP contribution in [-0.4, -0.2) is 16.7 Å². The molecule has 4 heteroatoms. The van der Waals surface area contributed by atoms with Crippen molar-refractivity contribution in [3.05, 3.63) is 16.1 Å². The SMILES string of the molecule is COCc1nc(Br)c2n1CCC(C)C2. The minimum atomic E-state index is 0.604. The maximum Gasteiger partial charge on any atom is 0.136 e. The lowest BCUT2D eigenvalue weighted by atomic mass is 9.99. The van der Waals surface area contributed by atoms with E-state index in [1.807, 2.05) is 0 Å². The standard InChI is InChI=1S/C10H15BrN2O/c1-7-3-4-13-8(5-7)10(11)12-9(13)6-14-2/h7H,3-6H2,1-2H3. The zero-order valence-corrected chi connectivity index (χ0v) is 10.2. The number of ether oxygens (including phenoxy) is 1. The van der Waals surface area contributed by atoms with Gasteiger partial charge in [-0.25, -0.2) is 4.98 Å². The third-order valence-electron chi connectivity index (χ3n) is 2.76. The lowest BCUT2D eigenvalue weighted by Crippen LogP contribution is -2.18. The van der Waals surface area contributed by atoms with Crippen LogP contribution < -0.4 is 0 Å². The first-order valence-electron chi connectivity index (χ1n) is 4.95. The van der Waals surface area contributed by atoms with Crippen LogP contribution in [0.5, 0.6) is 0 Å². The number of fused-ring (bicyclic) bond motifs is 1. The van der Waals surface area contributed by atoms with Crippen LogP contribution in [0.4, 0.5) is 0 Å². The van der Waals surface area contributed by atoms with E-state index in [1.54, 1.807) is 7.11 Å². The van der Waals surface area contributed by atoms with Crippen LogP contribution in [-0.2, 0) is 24.3 Å². The summed E-state index contributed by atoms with van der Waals surface area (Å²) >= 11 is 3.51. The van der Waals surface area contributed by atoms with E-state index in [2.05, 4.69) is 32.4 Å². The third-order valence-corrected chi connectivity index (χ3v) is 3.40. The second-order valence-electron chi connectivity index (χ2n) is 3.95. The summed E-state index contributed by atoms with van der Waals surface area (Å²) in [6.07, 6.45) is 2.36. The van der Waals surface area contributed by atoms with Crippen LogP contribution in [0.15, 0.2) is 4.60 Å². The van der Waals surface area contributed by atoms with Crippen molar-refractivity contribution in [1.29, 1.82) is 0 Å². The Morgan fingerprint density at radius 2 is 2.43 bits per heavy atom. The topological polar surface area (TPSA) is 27.1 Å². The predicted octanol–water partition coefficient (Wildman–Crippen LogP) is 2.37. The fourth-order valence-corrected chi connectivity index (χ4v) is 2.57. The Balaban J connectivity index is 2.33. The van der Waals surface area contributed by atoms with Gasteiger partial charge in [0.05, 0.1) is 5.69 Å². The summed E-state index contributed by atoms with van der Waals surface area (Å²) in [6, 6.07) is 0. The van der Waals surface area contributed by atoms with Gasteiger partial charge in [-0.05, 0) is 34.7 Å². The van der Waals surface area contributed by atoms with Crippen molar-refractivity contribution in [2.75, 3.05) is 7.11 Å². The second kappa shape index (κ2) is 4.03. The van der Waals surface area contributed by atoms with Crippen molar-refractivity contribution in [3.63, 3.8) is 0 Å². The molecule has 0 aromatic carbocycles. The van der Waals surface area contributed by atoms with Gasteiger partial charge in [0.15, 0.2) is 0 Å². The zero-order chi connectivity index (χ0) is 10.1. The Morgan fingerprint density at radius 1 is 1.64 bits per heavy atom. The lowest BCUT2D eigenvalue weighted by molar-refractivity contribution is 0.172. The van der Waals surface area contributed by atoms with E-state index in [0.29, 0.717) is 6.61 Å². The first-order chi connectivity index (χ1) is 6.72. The Bertz CT molecular complexity index is 335. The van der Waals surface area contributed by atoms with Gasteiger partial charge in [-0.2, -0.15) is 0 Å². The van der Waals surface area contributed by atoms with Crippen molar-refractivity contribution in [3.8, 4) is 0 Å². The Hall–Kier alpha value is -0.350. The molecule has 3 nitrogen and oxygen atoms in total. The molecule has 0 saturated carbocycles. The van der Waals surface area contributed by atoms with Gasteiger partial charge in [0.2, 0.25) is 0 Å². The molecule has 1 unspecified atom stereocenters. The Kier molecular flexibility index (Phi) is 2.93. The number of imidazole rings is 1. The number of methoxy groups -OCH3 is 1. The number of rotatable bonds is 2. The largest absolute Gasteiger partial charge is 0.377 e. The summed E-state index contributed by atoms with van der Waals surface area (Å²) in [5, 5.41) is 0. The van der Waals surface area contributed by atoms with Gasteiger partial charge in [-0.15, -0.1) is 0 Å². The maximum absolute atomic E-state index is 5.13. The summed E-state index contributed by atoms with van der Waals surface area (Å²) in [4.78, 5) is 4.47. The minimum Gasteiger partial charge on any atom is -0.377 e. The Labute approximate surface area is 92.6 Å². The number of hydrogen-bond acceptors (Lipinski definition) is 2. The van der Waals surface area contributed by atoms with Crippen LogP contribution in [0.3, 0.4) is 0 Å². The van der Waals surface area contributed by atoms with Gasteiger partial charge in [-0.1, -0.05) is 6.92 Å². The molecule has 0 aliphatic carbocycles. The van der Waals surface area contributed by atoms with E-state index < -0.39 is 0 Å². The first-order valence-corrected chi connectivity index (χ1v) is 5.74. The van der Waals surface area contributed by atoms with E-state index in [1.165, 1.54) is 12.1 Å². The van der Waals surface area contributed by atoms with Crippen LogP contribution in [0.25, 0.3) is 0 Å². The molecular weight excluding hydrogens is 244 g/mol. The summed E-state index contributed by atoms with van der Waals surface area (Å²) < 4.78 is 8.41. The van der Waals surface area contributed by atoms with E-state index in [9.17, 15) is 0 Å². The number of halogens is 1. The van der Waals surface area contributed by atoms with Crippen LogP contribution >= 0.6 is 15.9 Å². The van der Waals surface area contributed by atoms with Gasteiger partial charge in [0.1, 0.15) is 17.0 Å². The molecule has 14 heavy (non-hydrogen) atoms. The van der Waals surface area contributed by atoms with E-state index in [-0.39, 0.29) is 0 Å². The molecule has 1 aliphatic rings. The molecule has 1 aromatic rings. The van der Waals surface area contributed by atoms with Gasteiger partial charge in [-0.3, -0.25) is 0 Å². The highest BCUT2D eigenvalue weighted by atomic mass is 79.9. The molecule has 2 heterocycles. The smallest absolute Gasteiger partial charge is 0.136 e. The minimum absolute atomic E-state index is 0.604. The van der Waals surface area contributed by atoms with Crippen molar-refractivity contribution >= 4 is 15.9 Å². The van der Waals surface area contributed by atoms with E-state index in [0.717, 1.165) is 29.3 Å². The molecule has 0 saturated heterocycles. The van der Waals surface area contributed by atoms with Gasteiger partial charge >= 0.3 is 0 Å². The quantitative estimate of drug-likeness (QED) is 0.815. The van der Waals surface area contributed by atoms with Crippen LogP contribution in [0.1, 0.15) is 24.9 Å². The fourth-order valence-electron chi connectivity index (χ4n) is 1.98. The van der Waals surface area contributed by atoms with Crippen molar-refractivity contribution in [2.45, 2.75) is 32.9 Å². The molecule has 0 bridgehead atoms.